The van der Waals surface area contributed by atoms with Gasteiger partial charge >= 0.3 is 0 Å². The van der Waals surface area contributed by atoms with E-state index in [4.69, 9.17) is 4.74 Å². The van der Waals surface area contributed by atoms with Crippen LogP contribution in [0.15, 0.2) is 24.3 Å². The number of rotatable bonds is 4. The molecule has 1 aliphatic rings. The fourth-order valence-corrected chi connectivity index (χ4v) is 2.63. The molecule has 1 aliphatic carbocycles. The molecule has 1 amide bonds. The molecule has 2 rings (SSSR count). The first kappa shape index (κ1) is 13.9. The summed E-state index contributed by atoms with van der Waals surface area (Å²) in [5.41, 5.74) is 1.14. The molecule has 0 heterocycles. The van der Waals surface area contributed by atoms with Crippen LogP contribution in [-0.4, -0.2) is 18.6 Å². The Bertz CT molecular complexity index is 431. The number of aryl methyl sites for hydroxylation is 1. The number of amides is 1. The van der Waals surface area contributed by atoms with Crippen LogP contribution < -0.4 is 10.1 Å². The third kappa shape index (κ3) is 4.27. The van der Waals surface area contributed by atoms with Gasteiger partial charge in [0.15, 0.2) is 6.61 Å². The van der Waals surface area contributed by atoms with Crippen LogP contribution >= 0.6 is 0 Å². The standard InChI is InChI=1S/C16H23NO2/c1-12-6-5-8-14(10-12)19-11-16(18)17-15-9-4-3-7-13(15)2/h5-6,8,10,13,15H,3-4,7,9,11H2,1-2H3,(H,17,18)/t13-,15-/m1/s1. The second-order valence-electron chi connectivity index (χ2n) is 5.54. The van der Waals surface area contributed by atoms with E-state index >= 15 is 0 Å². The van der Waals surface area contributed by atoms with Crippen LogP contribution in [0.4, 0.5) is 0 Å². The van der Waals surface area contributed by atoms with Gasteiger partial charge in [-0.3, -0.25) is 4.79 Å². The molecule has 1 aromatic carbocycles. The zero-order chi connectivity index (χ0) is 13.7. The SMILES string of the molecule is Cc1cccc(OCC(=O)N[C@@H]2CCCC[C@H]2C)c1. The summed E-state index contributed by atoms with van der Waals surface area (Å²) in [7, 11) is 0. The molecule has 104 valence electrons. The predicted octanol–water partition coefficient (Wildman–Crippen LogP) is 3.07. The summed E-state index contributed by atoms with van der Waals surface area (Å²) in [6, 6.07) is 8.09. The van der Waals surface area contributed by atoms with Gasteiger partial charge in [-0.05, 0) is 43.4 Å². The highest BCUT2D eigenvalue weighted by molar-refractivity contribution is 5.77. The van der Waals surface area contributed by atoms with Crippen molar-refractivity contribution in [2.24, 2.45) is 5.92 Å². The van der Waals surface area contributed by atoms with Crippen molar-refractivity contribution in [2.75, 3.05) is 6.61 Å². The first-order valence-corrected chi connectivity index (χ1v) is 7.14. The maximum atomic E-state index is 11.9. The molecule has 0 spiro atoms. The van der Waals surface area contributed by atoms with Gasteiger partial charge < -0.3 is 10.1 Å². The van der Waals surface area contributed by atoms with Crippen molar-refractivity contribution in [2.45, 2.75) is 45.6 Å². The average Bonchev–Trinajstić information content (AvgIpc) is 2.39. The molecule has 1 aromatic rings. The Balaban J connectivity index is 1.78. The van der Waals surface area contributed by atoms with Crippen LogP contribution in [0, 0.1) is 12.8 Å². The van der Waals surface area contributed by atoms with Gasteiger partial charge in [0.2, 0.25) is 0 Å². The summed E-state index contributed by atoms with van der Waals surface area (Å²) in [6.45, 7) is 4.33. The summed E-state index contributed by atoms with van der Waals surface area (Å²) in [6.07, 6.45) is 4.81. The molecular weight excluding hydrogens is 238 g/mol. The summed E-state index contributed by atoms with van der Waals surface area (Å²) < 4.78 is 5.51. The molecule has 1 saturated carbocycles. The van der Waals surface area contributed by atoms with Gasteiger partial charge in [0, 0.05) is 6.04 Å². The Kier molecular flexibility index (Phi) is 4.83. The van der Waals surface area contributed by atoms with Gasteiger partial charge in [0.1, 0.15) is 5.75 Å². The number of hydrogen-bond donors (Lipinski definition) is 1. The largest absolute Gasteiger partial charge is 0.484 e. The molecule has 0 saturated heterocycles. The maximum Gasteiger partial charge on any atom is 0.258 e. The highest BCUT2D eigenvalue weighted by Gasteiger charge is 2.22. The molecule has 1 N–H and O–H groups in total. The van der Waals surface area contributed by atoms with E-state index in [0.29, 0.717) is 12.0 Å². The lowest BCUT2D eigenvalue weighted by molar-refractivity contribution is -0.124. The molecule has 0 unspecified atom stereocenters. The third-order valence-electron chi connectivity index (χ3n) is 3.82. The number of carbonyl (C=O) groups is 1. The summed E-state index contributed by atoms with van der Waals surface area (Å²) in [4.78, 5) is 11.9. The second-order valence-corrected chi connectivity index (χ2v) is 5.54. The molecule has 1 fully saturated rings. The van der Waals surface area contributed by atoms with Crippen LogP contribution in [-0.2, 0) is 4.79 Å². The van der Waals surface area contributed by atoms with Gasteiger partial charge in [-0.2, -0.15) is 0 Å². The van der Waals surface area contributed by atoms with Gasteiger partial charge in [0.25, 0.3) is 5.91 Å². The molecule has 0 radical (unpaired) electrons. The van der Waals surface area contributed by atoms with Gasteiger partial charge in [-0.1, -0.05) is 31.9 Å². The van der Waals surface area contributed by atoms with Crippen molar-refractivity contribution in [3.63, 3.8) is 0 Å². The molecule has 3 nitrogen and oxygen atoms in total. The molecular formula is C16H23NO2. The third-order valence-corrected chi connectivity index (χ3v) is 3.82. The molecule has 3 heteroatoms. The first-order valence-electron chi connectivity index (χ1n) is 7.14. The zero-order valence-electron chi connectivity index (χ0n) is 11.8. The fourth-order valence-electron chi connectivity index (χ4n) is 2.63. The van der Waals surface area contributed by atoms with Crippen molar-refractivity contribution >= 4 is 5.91 Å². The lowest BCUT2D eigenvalue weighted by atomic mass is 9.86. The summed E-state index contributed by atoms with van der Waals surface area (Å²) >= 11 is 0. The lowest BCUT2D eigenvalue weighted by Gasteiger charge is -2.29. The fraction of sp³-hybridized carbons (Fsp3) is 0.562. The van der Waals surface area contributed by atoms with E-state index in [1.54, 1.807) is 0 Å². The maximum absolute atomic E-state index is 11.9. The smallest absolute Gasteiger partial charge is 0.258 e. The quantitative estimate of drug-likeness (QED) is 0.904. The minimum absolute atomic E-state index is 0.0137. The molecule has 0 aromatic heterocycles. The van der Waals surface area contributed by atoms with Gasteiger partial charge in [0.05, 0.1) is 0 Å². The molecule has 0 bridgehead atoms. The van der Waals surface area contributed by atoms with Crippen LogP contribution in [0.1, 0.15) is 38.2 Å². The average molecular weight is 261 g/mol. The summed E-state index contributed by atoms with van der Waals surface area (Å²) in [5.74, 6) is 1.32. The lowest BCUT2D eigenvalue weighted by Crippen LogP contribution is -2.43. The number of ether oxygens (including phenoxy) is 1. The van der Waals surface area contributed by atoms with Crippen molar-refractivity contribution < 1.29 is 9.53 Å². The number of hydrogen-bond acceptors (Lipinski definition) is 2. The monoisotopic (exact) mass is 261 g/mol. The Morgan fingerprint density at radius 3 is 2.89 bits per heavy atom. The zero-order valence-corrected chi connectivity index (χ0v) is 11.8. The molecule has 0 aliphatic heterocycles. The van der Waals surface area contributed by atoms with Crippen molar-refractivity contribution in [1.82, 2.24) is 5.32 Å². The van der Waals surface area contributed by atoms with Crippen LogP contribution in [0.25, 0.3) is 0 Å². The van der Waals surface area contributed by atoms with Crippen LogP contribution in [0.2, 0.25) is 0 Å². The van der Waals surface area contributed by atoms with Crippen molar-refractivity contribution in [3.8, 4) is 5.75 Å². The Hall–Kier alpha value is -1.51. The summed E-state index contributed by atoms with van der Waals surface area (Å²) in [5, 5.41) is 3.09. The van der Waals surface area contributed by atoms with E-state index in [2.05, 4.69) is 12.2 Å². The molecule has 2 atom stereocenters. The highest BCUT2D eigenvalue weighted by Crippen LogP contribution is 2.23. The van der Waals surface area contributed by atoms with Crippen LogP contribution in [0.5, 0.6) is 5.75 Å². The van der Waals surface area contributed by atoms with E-state index in [1.807, 2.05) is 31.2 Å². The highest BCUT2D eigenvalue weighted by atomic mass is 16.5. The first-order chi connectivity index (χ1) is 9.15. The molecule has 19 heavy (non-hydrogen) atoms. The van der Waals surface area contributed by atoms with Crippen molar-refractivity contribution in [1.29, 1.82) is 0 Å². The predicted molar refractivity (Wildman–Crippen MR) is 76.2 cm³/mol. The van der Waals surface area contributed by atoms with E-state index in [-0.39, 0.29) is 12.5 Å². The van der Waals surface area contributed by atoms with E-state index in [9.17, 15) is 4.79 Å². The topological polar surface area (TPSA) is 38.3 Å². The number of benzene rings is 1. The van der Waals surface area contributed by atoms with Crippen LogP contribution in [0.3, 0.4) is 0 Å². The Morgan fingerprint density at radius 1 is 1.37 bits per heavy atom. The number of nitrogens with one attached hydrogen (secondary N) is 1. The van der Waals surface area contributed by atoms with E-state index < -0.39 is 0 Å². The van der Waals surface area contributed by atoms with Gasteiger partial charge in [-0.25, -0.2) is 0 Å². The van der Waals surface area contributed by atoms with Gasteiger partial charge in [-0.15, -0.1) is 0 Å². The second kappa shape index (κ2) is 6.60. The van der Waals surface area contributed by atoms with E-state index in [0.717, 1.165) is 17.7 Å². The minimum Gasteiger partial charge on any atom is -0.484 e. The minimum atomic E-state index is -0.0137. The normalized spacial score (nSPS) is 22.8. The van der Waals surface area contributed by atoms with E-state index in [1.165, 1.54) is 19.3 Å². The Labute approximate surface area is 115 Å². The number of carbonyl (C=O) groups excluding carboxylic acids is 1. The Morgan fingerprint density at radius 2 is 2.16 bits per heavy atom. The van der Waals surface area contributed by atoms with Crippen molar-refractivity contribution in [3.05, 3.63) is 29.8 Å².